The van der Waals surface area contributed by atoms with E-state index >= 15 is 0 Å². The molecule has 158 valence electrons. The van der Waals surface area contributed by atoms with Gasteiger partial charge >= 0.3 is 5.97 Å². The van der Waals surface area contributed by atoms with Gasteiger partial charge in [0.25, 0.3) is 5.91 Å². The minimum Gasteiger partial charge on any atom is -0.468 e. The second kappa shape index (κ2) is 9.95. The summed E-state index contributed by atoms with van der Waals surface area (Å²) in [5.74, 6) is 0.474. The van der Waals surface area contributed by atoms with Crippen molar-refractivity contribution in [3.8, 4) is 11.4 Å². The Morgan fingerprint density at radius 1 is 1.23 bits per heavy atom. The van der Waals surface area contributed by atoms with Crippen molar-refractivity contribution in [1.82, 2.24) is 9.55 Å². The fourth-order valence-corrected chi connectivity index (χ4v) is 4.79. The largest absolute Gasteiger partial charge is 0.468 e. The number of rotatable bonds is 9. The van der Waals surface area contributed by atoms with Crippen LogP contribution in [0.15, 0.2) is 35.7 Å². The maximum atomic E-state index is 11.9. The summed E-state index contributed by atoms with van der Waals surface area (Å²) < 4.78 is 6.75. The minimum atomic E-state index is -0.439. The Labute approximate surface area is 184 Å². The third-order valence-electron chi connectivity index (χ3n) is 4.82. The summed E-state index contributed by atoms with van der Waals surface area (Å²) in [6.45, 7) is 4.60. The number of carbonyl (C=O) groups excluding carboxylic acids is 2. The molecule has 3 aromatic rings. The standard InChI is InChI=1S/C22H25N3O3S2/c1-14-4-6-16(7-5-14)11-25-15(2)17(22(23)27)10-19(25)18-12-30-20(24-18)8-9-29-13-21(26)28-3/h4-7,10,12H,8-9,11,13H2,1-3H3,(H2,23,27). The van der Waals surface area contributed by atoms with Crippen molar-refractivity contribution >= 4 is 35.0 Å². The molecule has 2 aromatic heterocycles. The van der Waals surface area contributed by atoms with Crippen molar-refractivity contribution in [3.05, 3.63) is 63.1 Å². The first kappa shape index (κ1) is 22.1. The zero-order valence-electron chi connectivity index (χ0n) is 17.3. The van der Waals surface area contributed by atoms with E-state index in [-0.39, 0.29) is 5.97 Å². The van der Waals surface area contributed by atoms with Crippen LogP contribution >= 0.6 is 23.1 Å². The van der Waals surface area contributed by atoms with Gasteiger partial charge in [0.1, 0.15) is 0 Å². The summed E-state index contributed by atoms with van der Waals surface area (Å²) in [6, 6.07) is 10.2. The van der Waals surface area contributed by atoms with Crippen LogP contribution < -0.4 is 5.73 Å². The van der Waals surface area contributed by atoms with Gasteiger partial charge in [0.15, 0.2) is 0 Å². The molecule has 0 aliphatic heterocycles. The van der Waals surface area contributed by atoms with Crippen molar-refractivity contribution in [1.29, 1.82) is 0 Å². The molecule has 3 rings (SSSR count). The molecular formula is C22H25N3O3S2. The van der Waals surface area contributed by atoms with Gasteiger partial charge in [0.05, 0.1) is 34.8 Å². The maximum absolute atomic E-state index is 11.9. The van der Waals surface area contributed by atoms with Crippen LogP contribution in [-0.4, -0.2) is 40.0 Å². The van der Waals surface area contributed by atoms with Crippen LogP contribution in [0.2, 0.25) is 0 Å². The number of nitrogens with zero attached hydrogens (tertiary/aromatic N) is 2. The first-order valence-electron chi connectivity index (χ1n) is 9.54. The number of aryl methyl sites for hydroxylation is 2. The highest BCUT2D eigenvalue weighted by atomic mass is 32.2. The summed E-state index contributed by atoms with van der Waals surface area (Å²) in [5.41, 5.74) is 11.0. The monoisotopic (exact) mass is 443 g/mol. The van der Waals surface area contributed by atoms with E-state index in [0.29, 0.717) is 17.9 Å². The highest BCUT2D eigenvalue weighted by Crippen LogP contribution is 2.28. The smallest absolute Gasteiger partial charge is 0.315 e. The van der Waals surface area contributed by atoms with E-state index in [9.17, 15) is 9.59 Å². The number of nitrogens with two attached hydrogens (primary N) is 1. The fourth-order valence-electron chi connectivity index (χ4n) is 3.10. The number of thioether (sulfide) groups is 1. The van der Waals surface area contributed by atoms with Crippen LogP contribution in [0.4, 0.5) is 0 Å². The molecule has 0 aliphatic carbocycles. The first-order valence-corrected chi connectivity index (χ1v) is 11.6. The Bertz CT molecular complexity index is 1040. The van der Waals surface area contributed by atoms with E-state index in [0.717, 1.165) is 39.8 Å². The number of thiazole rings is 1. The number of benzene rings is 1. The predicted molar refractivity (Wildman–Crippen MR) is 122 cm³/mol. The van der Waals surface area contributed by atoms with Crippen molar-refractivity contribution in [2.45, 2.75) is 26.8 Å². The number of amides is 1. The van der Waals surface area contributed by atoms with Crippen LogP contribution in [0.3, 0.4) is 0 Å². The van der Waals surface area contributed by atoms with Gasteiger partial charge in [-0.25, -0.2) is 4.98 Å². The number of hydrogen-bond donors (Lipinski definition) is 1. The minimum absolute atomic E-state index is 0.219. The Morgan fingerprint density at radius 3 is 2.63 bits per heavy atom. The normalized spacial score (nSPS) is 10.9. The first-order chi connectivity index (χ1) is 14.4. The number of hydrogen-bond acceptors (Lipinski definition) is 6. The predicted octanol–water partition coefficient (Wildman–Crippen LogP) is 3.82. The van der Waals surface area contributed by atoms with Gasteiger partial charge in [0, 0.05) is 29.8 Å². The van der Waals surface area contributed by atoms with Crippen LogP contribution in [0.1, 0.15) is 32.2 Å². The lowest BCUT2D eigenvalue weighted by Crippen LogP contribution is -2.12. The molecule has 8 heteroatoms. The number of aromatic nitrogens is 2. The molecule has 0 saturated heterocycles. The van der Waals surface area contributed by atoms with E-state index in [1.54, 1.807) is 11.3 Å². The van der Waals surface area contributed by atoms with Gasteiger partial charge < -0.3 is 15.0 Å². The molecule has 30 heavy (non-hydrogen) atoms. The third kappa shape index (κ3) is 5.31. The Balaban J connectivity index is 1.82. The van der Waals surface area contributed by atoms with Gasteiger partial charge in [-0.3, -0.25) is 9.59 Å². The Hall–Kier alpha value is -2.58. The van der Waals surface area contributed by atoms with Crippen LogP contribution in [0, 0.1) is 13.8 Å². The molecule has 1 aromatic carbocycles. The van der Waals surface area contributed by atoms with Crippen molar-refractivity contribution < 1.29 is 14.3 Å². The summed E-state index contributed by atoms with van der Waals surface area (Å²) in [5, 5.41) is 3.00. The lowest BCUT2D eigenvalue weighted by atomic mass is 10.1. The maximum Gasteiger partial charge on any atom is 0.315 e. The second-order valence-corrected chi connectivity index (χ2v) is 9.02. The van der Waals surface area contributed by atoms with E-state index < -0.39 is 5.91 Å². The number of methoxy groups -OCH3 is 1. The van der Waals surface area contributed by atoms with Crippen LogP contribution in [0.5, 0.6) is 0 Å². The summed E-state index contributed by atoms with van der Waals surface area (Å²) in [6.07, 6.45) is 0.770. The lowest BCUT2D eigenvalue weighted by molar-refractivity contribution is -0.137. The molecule has 0 saturated carbocycles. The SMILES string of the molecule is COC(=O)CSCCc1nc(-c2cc(C(N)=O)c(C)n2Cc2ccc(C)cc2)cs1. The molecule has 0 radical (unpaired) electrons. The molecule has 6 nitrogen and oxygen atoms in total. The van der Waals surface area contributed by atoms with Gasteiger partial charge in [-0.1, -0.05) is 29.8 Å². The molecule has 1 amide bonds. The van der Waals surface area contributed by atoms with E-state index in [1.807, 2.05) is 18.4 Å². The molecule has 0 bridgehead atoms. The average Bonchev–Trinajstić information content (AvgIpc) is 3.32. The zero-order chi connectivity index (χ0) is 21.7. The van der Waals surface area contributed by atoms with Crippen molar-refractivity contribution in [3.63, 3.8) is 0 Å². The van der Waals surface area contributed by atoms with Crippen molar-refractivity contribution in [2.75, 3.05) is 18.6 Å². The zero-order valence-corrected chi connectivity index (χ0v) is 18.9. The quantitative estimate of drug-likeness (QED) is 0.401. The molecule has 0 atom stereocenters. The number of ether oxygens (including phenoxy) is 1. The summed E-state index contributed by atoms with van der Waals surface area (Å²) >= 11 is 3.11. The molecule has 0 unspecified atom stereocenters. The molecule has 2 N–H and O–H groups in total. The summed E-state index contributed by atoms with van der Waals surface area (Å²) in [7, 11) is 1.39. The average molecular weight is 444 g/mol. The van der Waals surface area contributed by atoms with E-state index in [1.165, 1.54) is 24.4 Å². The Kier molecular flexibility index (Phi) is 7.33. The van der Waals surface area contributed by atoms with Gasteiger partial charge in [-0.2, -0.15) is 0 Å². The molecular weight excluding hydrogens is 418 g/mol. The van der Waals surface area contributed by atoms with Crippen molar-refractivity contribution in [2.24, 2.45) is 5.73 Å². The molecule has 0 spiro atoms. The fraction of sp³-hybridized carbons (Fsp3) is 0.318. The molecule has 0 aliphatic rings. The molecule has 2 heterocycles. The lowest BCUT2D eigenvalue weighted by Gasteiger charge is -2.11. The molecule has 0 fully saturated rings. The van der Waals surface area contributed by atoms with E-state index in [2.05, 4.69) is 40.5 Å². The van der Waals surface area contributed by atoms with Gasteiger partial charge in [0.2, 0.25) is 0 Å². The number of carbonyl (C=O) groups is 2. The highest BCUT2D eigenvalue weighted by molar-refractivity contribution is 7.99. The number of esters is 1. The third-order valence-corrected chi connectivity index (χ3v) is 6.66. The van der Waals surface area contributed by atoms with Gasteiger partial charge in [-0.05, 0) is 25.5 Å². The number of primary amides is 1. The summed E-state index contributed by atoms with van der Waals surface area (Å²) in [4.78, 5) is 27.9. The van der Waals surface area contributed by atoms with Crippen LogP contribution in [-0.2, 0) is 22.5 Å². The Morgan fingerprint density at radius 2 is 1.97 bits per heavy atom. The highest BCUT2D eigenvalue weighted by Gasteiger charge is 2.19. The van der Waals surface area contributed by atoms with E-state index in [4.69, 9.17) is 10.7 Å². The van der Waals surface area contributed by atoms with Gasteiger partial charge in [-0.15, -0.1) is 23.1 Å². The second-order valence-electron chi connectivity index (χ2n) is 6.97. The topological polar surface area (TPSA) is 87.2 Å². The van der Waals surface area contributed by atoms with Crippen LogP contribution in [0.25, 0.3) is 11.4 Å².